The molecule has 0 radical (unpaired) electrons. The number of ether oxygens (including phenoxy) is 6. The minimum Gasteiger partial charge on any atom is -0.550 e. The fraction of sp³-hybridized carbons (Fsp3) is 0.907. The van der Waals surface area contributed by atoms with Crippen LogP contribution in [0.4, 0.5) is 0 Å². The molecule has 18 nitrogen and oxygen atoms in total. The number of cyclic esters (lactones) is 1. The van der Waals surface area contributed by atoms with Gasteiger partial charge in [-0.1, -0.05) is 41.0 Å². The molecule has 0 amide bonds. The number of hydrogen-bond acceptors (Lipinski definition) is 17. The van der Waals surface area contributed by atoms with E-state index in [1.165, 1.54) is 27.9 Å². The van der Waals surface area contributed by atoms with Gasteiger partial charge in [-0.3, -0.25) is 14.4 Å². The van der Waals surface area contributed by atoms with Crippen LogP contribution in [0, 0.1) is 17.8 Å². The number of ketones is 1. The number of likely N-dealkylation sites (N-methyl/N-ethyl adjacent to an activating group) is 1. The standard InChI is InChI=1S/C37H67NO13.2C2H4O2.C2H6/c1-13-14-26-37(9,45)31(41)22(5)29(39)19(2)17-35(7,44)27(51-34-30(40)24(38(10)11)15-20(3)47-34)16-25(21(4)33(43)50-26)49-28-18-36(8,46-12)32(42)23(6)48-28;2*1-2(3)4;1-2/h19-28,30-32,34,40-42,44-45H,13-18H2,1-12H3;2*1H3,(H,3,4);1-2H3/p-1/t19-,20?,21-,22+,23?,24?,25+,26-,27-,28?,30?,31-,32?,34?,35-,36?,37-;;;/m1.../s1. The smallest absolute Gasteiger partial charge is 0.311 e. The normalized spacial score (nSPS) is 41.3. The number of carbonyl (C=O) groups is 4. The third kappa shape index (κ3) is 17.3. The second-order valence-electron chi connectivity index (χ2n) is 17.4. The van der Waals surface area contributed by atoms with Crippen LogP contribution in [-0.4, -0.2) is 165 Å². The van der Waals surface area contributed by atoms with Crippen molar-refractivity contribution in [3.8, 4) is 0 Å². The number of aliphatic carboxylic acids is 2. The molecular formula is C43H80NO17-. The first kappa shape index (κ1) is 58.6. The van der Waals surface area contributed by atoms with E-state index in [-0.39, 0.29) is 37.8 Å². The molecule has 3 aliphatic rings. The van der Waals surface area contributed by atoms with Crippen LogP contribution in [0.1, 0.15) is 129 Å². The fourth-order valence-corrected chi connectivity index (χ4v) is 7.94. The molecule has 0 aromatic heterocycles. The zero-order chi connectivity index (χ0) is 48.0. The van der Waals surface area contributed by atoms with Gasteiger partial charge in [0, 0.05) is 50.7 Å². The minimum absolute atomic E-state index is 0.102. The molecule has 0 aromatic rings. The number of Topliss-reactive ketones (excluding diaryl/α,β-unsaturated/α-hetero) is 1. The molecule has 17 atom stereocenters. The van der Waals surface area contributed by atoms with Gasteiger partial charge in [0.2, 0.25) is 0 Å². The maximum atomic E-state index is 14.0. The molecule has 6 N–H and O–H groups in total. The van der Waals surface area contributed by atoms with Crippen molar-refractivity contribution < 1.29 is 83.3 Å². The molecule has 3 rings (SSSR count). The molecule has 0 bridgehead atoms. The first-order valence-electron chi connectivity index (χ1n) is 21.4. The summed E-state index contributed by atoms with van der Waals surface area (Å²) < 4.78 is 36.8. The third-order valence-corrected chi connectivity index (χ3v) is 11.6. The topological polar surface area (TPSA) is 271 Å². The summed E-state index contributed by atoms with van der Waals surface area (Å²) in [7, 11) is 5.18. The molecule has 61 heavy (non-hydrogen) atoms. The molecule has 0 spiro atoms. The SMILES string of the molecule is CC.CC(=O)O.CC(=O)[O-].CCC[C@H]1OC(=O)[C@H](C)[C@@H](OC2CC(C)(OC)C(O)C(C)O2)C[C@@H](OC2OC(C)CC(N(C)C)C2O)[C@](C)(O)C[C@@H](C)C(=O)[C@H](C)[C@@H](O)[C@]1(C)O. The van der Waals surface area contributed by atoms with Crippen molar-refractivity contribution in [1.29, 1.82) is 0 Å². The molecule has 3 fully saturated rings. The van der Waals surface area contributed by atoms with E-state index in [9.17, 15) is 35.1 Å². The molecule has 360 valence electrons. The number of carboxylic acid groups (broad SMARTS) is 2. The number of rotatable bonds is 8. The second kappa shape index (κ2) is 25.8. The zero-order valence-corrected chi connectivity index (χ0v) is 39.4. The van der Waals surface area contributed by atoms with Crippen molar-refractivity contribution in [1.82, 2.24) is 4.90 Å². The molecule has 0 aliphatic carbocycles. The summed E-state index contributed by atoms with van der Waals surface area (Å²) in [4.78, 5) is 47.6. The summed E-state index contributed by atoms with van der Waals surface area (Å²) in [5, 5.41) is 73.8. The number of aliphatic hydroxyl groups is 5. The summed E-state index contributed by atoms with van der Waals surface area (Å²) >= 11 is 0. The number of carboxylic acids is 2. The monoisotopic (exact) mass is 883 g/mol. The summed E-state index contributed by atoms with van der Waals surface area (Å²) in [6, 6.07) is -0.315. The van der Waals surface area contributed by atoms with E-state index >= 15 is 0 Å². The Hall–Kier alpha value is -2.36. The number of esters is 1. The summed E-state index contributed by atoms with van der Waals surface area (Å²) in [6.07, 6.45) is -9.07. The van der Waals surface area contributed by atoms with E-state index in [2.05, 4.69) is 0 Å². The van der Waals surface area contributed by atoms with Crippen molar-refractivity contribution in [2.45, 2.75) is 213 Å². The Morgan fingerprint density at radius 3 is 1.89 bits per heavy atom. The van der Waals surface area contributed by atoms with Gasteiger partial charge < -0.3 is 73.9 Å². The highest BCUT2D eigenvalue weighted by Crippen LogP contribution is 2.39. The van der Waals surface area contributed by atoms with Crippen molar-refractivity contribution in [2.75, 3.05) is 21.2 Å². The maximum absolute atomic E-state index is 14.0. The lowest BCUT2D eigenvalue weighted by Crippen LogP contribution is -2.59. The quantitative estimate of drug-likeness (QED) is 0.190. The van der Waals surface area contributed by atoms with Gasteiger partial charge >= 0.3 is 5.97 Å². The van der Waals surface area contributed by atoms with Gasteiger partial charge in [-0.05, 0) is 81.8 Å². The Balaban J connectivity index is 0.00000325. The van der Waals surface area contributed by atoms with E-state index < -0.39 is 114 Å². The maximum Gasteiger partial charge on any atom is 0.311 e. The molecule has 0 aromatic carbocycles. The van der Waals surface area contributed by atoms with Crippen molar-refractivity contribution >= 4 is 23.7 Å². The predicted molar refractivity (Wildman–Crippen MR) is 222 cm³/mol. The van der Waals surface area contributed by atoms with E-state index in [1.54, 1.807) is 27.7 Å². The summed E-state index contributed by atoms with van der Waals surface area (Å²) in [6.45, 7) is 20.8. The van der Waals surface area contributed by atoms with Gasteiger partial charge in [0.1, 0.15) is 29.7 Å². The summed E-state index contributed by atoms with van der Waals surface area (Å²) in [5.41, 5.74) is -4.79. The first-order chi connectivity index (χ1) is 28.0. The molecule has 3 saturated heterocycles. The molecule has 18 heteroatoms. The van der Waals surface area contributed by atoms with Crippen molar-refractivity contribution in [3.05, 3.63) is 0 Å². The number of hydrogen-bond donors (Lipinski definition) is 6. The lowest BCUT2D eigenvalue weighted by Gasteiger charge is -2.47. The van der Waals surface area contributed by atoms with E-state index in [0.29, 0.717) is 12.8 Å². The van der Waals surface area contributed by atoms with Crippen LogP contribution < -0.4 is 5.11 Å². The Morgan fingerprint density at radius 2 is 1.41 bits per heavy atom. The molecular weight excluding hydrogens is 802 g/mol. The van der Waals surface area contributed by atoms with Crippen LogP contribution >= 0.6 is 0 Å². The Bertz CT molecular complexity index is 1330. The van der Waals surface area contributed by atoms with Gasteiger partial charge in [0.05, 0.1) is 47.6 Å². The average molecular weight is 883 g/mol. The zero-order valence-electron chi connectivity index (χ0n) is 39.4. The van der Waals surface area contributed by atoms with Gasteiger partial charge in [0.15, 0.2) is 12.6 Å². The number of aliphatic hydroxyl groups excluding tert-OH is 3. The third-order valence-electron chi connectivity index (χ3n) is 11.6. The van der Waals surface area contributed by atoms with Crippen LogP contribution in [0.3, 0.4) is 0 Å². The van der Waals surface area contributed by atoms with Gasteiger partial charge in [0.25, 0.3) is 5.97 Å². The largest absolute Gasteiger partial charge is 0.550 e. The lowest BCUT2D eigenvalue weighted by atomic mass is 9.76. The Morgan fingerprint density at radius 1 is 0.885 bits per heavy atom. The first-order valence-corrected chi connectivity index (χ1v) is 21.4. The number of nitrogens with zero attached hydrogens (tertiary/aromatic N) is 1. The highest BCUT2D eigenvalue weighted by molar-refractivity contribution is 5.83. The van der Waals surface area contributed by atoms with E-state index in [4.69, 9.17) is 48.2 Å². The predicted octanol–water partition coefficient (Wildman–Crippen LogP) is 1.80. The Labute approximate surface area is 363 Å². The van der Waals surface area contributed by atoms with Crippen LogP contribution in [0.25, 0.3) is 0 Å². The fourth-order valence-electron chi connectivity index (χ4n) is 7.94. The highest BCUT2D eigenvalue weighted by Gasteiger charge is 2.51. The van der Waals surface area contributed by atoms with Gasteiger partial charge in [-0.2, -0.15) is 0 Å². The van der Waals surface area contributed by atoms with E-state index in [1.807, 2.05) is 46.7 Å². The van der Waals surface area contributed by atoms with Crippen LogP contribution in [-0.2, 0) is 47.6 Å². The van der Waals surface area contributed by atoms with Gasteiger partial charge in [-0.15, -0.1) is 0 Å². The number of methoxy groups -OCH3 is 1. The van der Waals surface area contributed by atoms with Crippen molar-refractivity contribution in [2.24, 2.45) is 17.8 Å². The second-order valence-corrected chi connectivity index (χ2v) is 17.4. The van der Waals surface area contributed by atoms with Crippen LogP contribution in [0.2, 0.25) is 0 Å². The van der Waals surface area contributed by atoms with Gasteiger partial charge in [-0.25, -0.2) is 0 Å². The van der Waals surface area contributed by atoms with Crippen LogP contribution in [0.5, 0.6) is 0 Å². The van der Waals surface area contributed by atoms with E-state index in [0.717, 1.165) is 13.8 Å². The average Bonchev–Trinajstić information content (AvgIpc) is 3.15. The van der Waals surface area contributed by atoms with Crippen molar-refractivity contribution in [3.63, 3.8) is 0 Å². The summed E-state index contributed by atoms with van der Waals surface area (Å²) in [5.74, 6) is -5.98. The highest BCUT2D eigenvalue weighted by atomic mass is 16.7. The molecule has 0 saturated carbocycles. The Kier molecular flexibility index (Phi) is 24.8. The number of carbonyl (C=O) groups excluding carboxylic acids is 3. The van der Waals surface area contributed by atoms with Crippen LogP contribution in [0.15, 0.2) is 0 Å². The molecule has 3 aliphatic heterocycles. The lowest BCUT2D eigenvalue weighted by molar-refractivity contribution is -0.308. The minimum atomic E-state index is -1.98. The molecule has 8 unspecified atom stereocenters. The molecule has 3 heterocycles.